The summed E-state index contributed by atoms with van der Waals surface area (Å²) < 4.78 is 13.5. The molecular weight excluding hydrogens is 462 g/mol. The van der Waals surface area contributed by atoms with Gasteiger partial charge in [-0.2, -0.15) is 0 Å². The van der Waals surface area contributed by atoms with E-state index in [0.29, 0.717) is 11.8 Å². The minimum Gasteiger partial charge on any atom is -0.494 e. The molecule has 1 saturated heterocycles. The van der Waals surface area contributed by atoms with E-state index >= 15 is 0 Å². The van der Waals surface area contributed by atoms with E-state index in [1.54, 1.807) is 13.4 Å². The number of nitrogens with zero attached hydrogens (tertiary/aromatic N) is 3. The third-order valence-corrected chi connectivity index (χ3v) is 7.86. The van der Waals surface area contributed by atoms with Gasteiger partial charge in [-0.25, -0.2) is 4.98 Å². The van der Waals surface area contributed by atoms with Crippen LogP contribution < -0.4 is 4.74 Å². The Labute approximate surface area is 215 Å². The Hall–Kier alpha value is -4.06. The number of hydrogen-bond donors (Lipinski definition) is 0. The molecule has 3 aromatic carbocycles. The molecule has 1 saturated carbocycles. The number of rotatable bonds is 6. The van der Waals surface area contributed by atoms with Crippen LogP contribution in [-0.4, -0.2) is 40.6 Å². The molecule has 6 nitrogen and oxygen atoms in total. The number of furan rings is 1. The summed E-state index contributed by atoms with van der Waals surface area (Å²) >= 11 is 0. The lowest BCUT2D eigenvalue weighted by atomic mass is 10.0. The summed E-state index contributed by atoms with van der Waals surface area (Å²) in [5, 5.41) is 1.10. The highest BCUT2D eigenvalue weighted by Crippen LogP contribution is 2.36. The standard InChI is InChI=1S/C31H29N3O3/c1-36-28-4-2-3-26-29(28)32-30(34(26)19-20-13-15-33(18-20)31(35)23-9-10-23)22-7-5-21(6-8-22)24-11-12-27-25(17-24)14-16-37-27/h2-8,11-12,14,16-17,20,23H,9-10,13,15,18-19H2,1H3. The number of likely N-dealkylation sites (tertiary alicyclic amines) is 1. The zero-order chi connectivity index (χ0) is 24.9. The first-order valence-electron chi connectivity index (χ1n) is 13.1. The lowest BCUT2D eigenvalue weighted by Gasteiger charge is -2.18. The van der Waals surface area contributed by atoms with Crippen LogP contribution in [0.4, 0.5) is 0 Å². The number of para-hydroxylation sites is 1. The van der Waals surface area contributed by atoms with Crippen LogP contribution in [0.2, 0.25) is 0 Å². The number of amides is 1. The molecule has 2 fully saturated rings. The first-order valence-corrected chi connectivity index (χ1v) is 13.1. The largest absolute Gasteiger partial charge is 0.494 e. The smallest absolute Gasteiger partial charge is 0.225 e. The zero-order valence-corrected chi connectivity index (χ0v) is 20.9. The molecule has 0 N–H and O–H groups in total. The topological polar surface area (TPSA) is 60.5 Å². The quantitative estimate of drug-likeness (QED) is 0.276. The van der Waals surface area contributed by atoms with Crippen LogP contribution in [-0.2, 0) is 11.3 Å². The van der Waals surface area contributed by atoms with Crippen molar-refractivity contribution in [3.63, 3.8) is 0 Å². The number of fused-ring (bicyclic) bond motifs is 2. The molecule has 0 bridgehead atoms. The van der Waals surface area contributed by atoms with Crippen molar-refractivity contribution in [1.29, 1.82) is 0 Å². The van der Waals surface area contributed by atoms with Crippen molar-refractivity contribution in [3.8, 4) is 28.3 Å². The monoisotopic (exact) mass is 491 g/mol. The van der Waals surface area contributed by atoms with Gasteiger partial charge in [-0.1, -0.05) is 36.4 Å². The highest BCUT2D eigenvalue weighted by molar-refractivity contribution is 5.87. The van der Waals surface area contributed by atoms with Crippen molar-refractivity contribution in [3.05, 3.63) is 73.0 Å². The summed E-state index contributed by atoms with van der Waals surface area (Å²) in [6.07, 6.45) is 4.86. The van der Waals surface area contributed by atoms with Crippen molar-refractivity contribution in [2.24, 2.45) is 11.8 Å². The summed E-state index contributed by atoms with van der Waals surface area (Å²) in [6.45, 7) is 2.52. The fraction of sp³-hybridized carbons (Fsp3) is 0.290. The van der Waals surface area contributed by atoms with Crippen molar-refractivity contribution in [1.82, 2.24) is 14.5 Å². The number of ether oxygens (including phenoxy) is 1. The summed E-state index contributed by atoms with van der Waals surface area (Å²) in [4.78, 5) is 19.8. The third-order valence-electron chi connectivity index (χ3n) is 7.86. The van der Waals surface area contributed by atoms with Gasteiger partial charge in [-0.3, -0.25) is 4.79 Å². The molecule has 0 spiro atoms. The molecule has 2 aliphatic rings. The molecular formula is C31H29N3O3. The minimum atomic E-state index is 0.278. The van der Waals surface area contributed by atoms with Gasteiger partial charge in [-0.15, -0.1) is 0 Å². The van der Waals surface area contributed by atoms with E-state index in [1.807, 2.05) is 24.3 Å². The molecule has 6 heteroatoms. The molecule has 0 radical (unpaired) electrons. The van der Waals surface area contributed by atoms with E-state index in [0.717, 1.165) is 89.2 Å². The Morgan fingerprint density at radius 2 is 1.81 bits per heavy atom. The maximum atomic E-state index is 12.6. The molecule has 2 aromatic heterocycles. The summed E-state index contributed by atoms with van der Waals surface area (Å²) in [5.74, 6) is 2.75. The summed E-state index contributed by atoms with van der Waals surface area (Å²) in [5.41, 5.74) is 6.20. The molecule has 5 aromatic rings. The van der Waals surface area contributed by atoms with E-state index in [-0.39, 0.29) is 5.92 Å². The van der Waals surface area contributed by atoms with E-state index in [1.165, 1.54) is 0 Å². The predicted octanol–water partition coefficient (Wildman–Crippen LogP) is 6.38. The lowest BCUT2D eigenvalue weighted by Crippen LogP contribution is -2.30. The maximum absolute atomic E-state index is 12.6. The van der Waals surface area contributed by atoms with E-state index < -0.39 is 0 Å². The van der Waals surface area contributed by atoms with Gasteiger partial charge >= 0.3 is 0 Å². The van der Waals surface area contributed by atoms with Gasteiger partial charge in [0.25, 0.3) is 0 Å². The second-order valence-electron chi connectivity index (χ2n) is 10.3. The zero-order valence-electron chi connectivity index (χ0n) is 20.9. The van der Waals surface area contributed by atoms with Crippen molar-refractivity contribution in [2.75, 3.05) is 20.2 Å². The number of methoxy groups -OCH3 is 1. The number of hydrogen-bond acceptors (Lipinski definition) is 4. The molecule has 1 unspecified atom stereocenters. The second-order valence-corrected chi connectivity index (χ2v) is 10.3. The van der Waals surface area contributed by atoms with Crippen LogP contribution in [0.1, 0.15) is 19.3 Å². The molecule has 186 valence electrons. The van der Waals surface area contributed by atoms with Gasteiger partial charge < -0.3 is 18.6 Å². The van der Waals surface area contributed by atoms with Crippen LogP contribution in [0.5, 0.6) is 5.75 Å². The molecule has 3 heterocycles. The molecule has 7 rings (SSSR count). The van der Waals surface area contributed by atoms with Crippen LogP contribution >= 0.6 is 0 Å². The van der Waals surface area contributed by atoms with Crippen LogP contribution in [0.25, 0.3) is 44.5 Å². The van der Waals surface area contributed by atoms with E-state index in [9.17, 15) is 4.79 Å². The normalized spacial score (nSPS) is 17.6. The predicted molar refractivity (Wildman–Crippen MR) is 144 cm³/mol. The van der Waals surface area contributed by atoms with Gasteiger partial charge in [0.2, 0.25) is 5.91 Å². The lowest BCUT2D eigenvalue weighted by molar-refractivity contribution is -0.131. The van der Waals surface area contributed by atoms with Gasteiger partial charge in [0.1, 0.15) is 22.7 Å². The fourth-order valence-corrected chi connectivity index (χ4v) is 5.68. The van der Waals surface area contributed by atoms with Crippen molar-refractivity contribution >= 4 is 27.9 Å². The number of imidazole rings is 1. The fourth-order valence-electron chi connectivity index (χ4n) is 5.68. The van der Waals surface area contributed by atoms with Gasteiger partial charge in [0, 0.05) is 36.5 Å². The second kappa shape index (κ2) is 8.80. The SMILES string of the molecule is COc1cccc2c1nc(-c1ccc(-c3ccc4occc4c3)cc1)n2CC1CCN(C(=O)C2CC2)C1. The first-order chi connectivity index (χ1) is 18.2. The van der Waals surface area contributed by atoms with Gasteiger partial charge in [-0.05, 0) is 66.6 Å². The number of carbonyl (C=O) groups excluding carboxylic acids is 1. The Bertz CT molecular complexity index is 1610. The van der Waals surface area contributed by atoms with Crippen molar-refractivity contribution < 1.29 is 13.9 Å². The Kier molecular flexibility index (Phi) is 5.27. The highest BCUT2D eigenvalue weighted by Gasteiger charge is 2.36. The van der Waals surface area contributed by atoms with Crippen molar-refractivity contribution in [2.45, 2.75) is 25.8 Å². The number of aromatic nitrogens is 2. The van der Waals surface area contributed by atoms with E-state index in [4.69, 9.17) is 14.1 Å². The number of carbonyl (C=O) groups is 1. The minimum absolute atomic E-state index is 0.278. The Balaban J connectivity index is 1.23. The first kappa shape index (κ1) is 22.2. The summed E-state index contributed by atoms with van der Waals surface area (Å²) in [7, 11) is 1.69. The number of benzene rings is 3. The van der Waals surface area contributed by atoms with Crippen LogP contribution in [0.3, 0.4) is 0 Å². The van der Waals surface area contributed by atoms with Crippen LogP contribution in [0, 0.1) is 11.8 Å². The molecule has 1 aliphatic carbocycles. The average molecular weight is 492 g/mol. The summed E-state index contributed by atoms with van der Waals surface area (Å²) in [6, 6.07) is 23.0. The maximum Gasteiger partial charge on any atom is 0.225 e. The Morgan fingerprint density at radius 1 is 1.00 bits per heavy atom. The van der Waals surface area contributed by atoms with Gasteiger partial charge in [0.15, 0.2) is 0 Å². The third kappa shape index (κ3) is 3.97. The Morgan fingerprint density at radius 3 is 2.62 bits per heavy atom. The van der Waals surface area contributed by atoms with E-state index in [2.05, 4.69) is 51.9 Å². The molecule has 1 amide bonds. The molecule has 1 aliphatic heterocycles. The molecule has 37 heavy (non-hydrogen) atoms. The van der Waals surface area contributed by atoms with Gasteiger partial charge in [0.05, 0.1) is 18.9 Å². The average Bonchev–Trinajstić information content (AvgIpc) is 3.32. The highest BCUT2D eigenvalue weighted by atomic mass is 16.5. The molecule has 1 atom stereocenters. The van der Waals surface area contributed by atoms with Crippen LogP contribution in [0.15, 0.2) is 77.4 Å².